The van der Waals surface area contributed by atoms with E-state index >= 15 is 0 Å². The van der Waals surface area contributed by atoms with Gasteiger partial charge in [-0.3, -0.25) is 4.79 Å². The first-order chi connectivity index (χ1) is 12.3. The largest absolute Gasteiger partial charge is 0.394 e. The van der Waals surface area contributed by atoms with Crippen LogP contribution in [0.1, 0.15) is 38.5 Å². The number of carbonyl (C=O) groups is 1. The number of ether oxygens (including phenoxy) is 1. The lowest BCUT2D eigenvalue weighted by Crippen LogP contribution is -2.47. The average Bonchev–Trinajstić information content (AvgIpc) is 3.05. The fraction of sp³-hybridized carbons (Fsp3) is 0.722. The molecule has 3 atom stereocenters. The molecule has 1 amide bonds. The first kappa shape index (κ1) is 18.1. The maximum Gasteiger partial charge on any atom is 0.242 e. The molecule has 7 heteroatoms. The summed E-state index contributed by atoms with van der Waals surface area (Å²) in [7, 11) is 0. The number of rotatable bonds is 8. The van der Waals surface area contributed by atoms with Crippen molar-refractivity contribution < 1.29 is 14.6 Å². The Bertz CT molecular complexity index is 542. The maximum absolute atomic E-state index is 12.8. The highest BCUT2D eigenvalue weighted by atomic mass is 16.5. The van der Waals surface area contributed by atoms with Gasteiger partial charge in [-0.15, -0.1) is 0 Å². The minimum Gasteiger partial charge on any atom is -0.394 e. The van der Waals surface area contributed by atoms with E-state index in [-0.39, 0.29) is 18.6 Å². The van der Waals surface area contributed by atoms with Crippen molar-refractivity contribution in [3.63, 3.8) is 0 Å². The topological polar surface area (TPSA) is 87.6 Å². The smallest absolute Gasteiger partial charge is 0.242 e. The first-order valence-corrected chi connectivity index (χ1v) is 9.33. The number of carbonyl (C=O) groups excluding carboxylic acids is 1. The number of aliphatic hydroxyl groups excluding tert-OH is 1. The Hall–Kier alpha value is -1.73. The summed E-state index contributed by atoms with van der Waals surface area (Å²) in [6.45, 7) is 1.50. The molecule has 0 radical (unpaired) electrons. The second-order valence-corrected chi connectivity index (χ2v) is 6.80. The van der Waals surface area contributed by atoms with E-state index in [9.17, 15) is 4.79 Å². The lowest BCUT2D eigenvalue weighted by atomic mass is 9.85. The number of hydrogen-bond donors (Lipinski definition) is 2. The highest BCUT2D eigenvalue weighted by Crippen LogP contribution is 2.41. The van der Waals surface area contributed by atoms with Gasteiger partial charge in [-0.1, -0.05) is 12.8 Å². The highest BCUT2D eigenvalue weighted by molar-refractivity contribution is 5.85. The Morgan fingerprint density at radius 3 is 2.88 bits per heavy atom. The normalized spacial score (nSPS) is 25.6. The van der Waals surface area contributed by atoms with E-state index in [1.165, 1.54) is 19.3 Å². The zero-order valence-electron chi connectivity index (χ0n) is 14.6. The van der Waals surface area contributed by atoms with E-state index in [0.717, 1.165) is 19.3 Å². The number of fused-ring (bicyclic) bond motifs is 1. The molecule has 25 heavy (non-hydrogen) atoms. The summed E-state index contributed by atoms with van der Waals surface area (Å²) in [5, 5.41) is 11.7. The van der Waals surface area contributed by atoms with Crippen LogP contribution in [0.4, 0.5) is 5.95 Å². The first-order valence-electron chi connectivity index (χ1n) is 9.33. The van der Waals surface area contributed by atoms with E-state index in [1.807, 2.05) is 0 Å². The summed E-state index contributed by atoms with van der Waals surface area (Å²) in [6.07, 6.45) is 9.87. The van der Waals surface area contributed by atoms with Crippen LogP contribution in [0, 0.1) is 5.92 Å². The quantitative estimate of drug-likeness (QED) is 0.685. The molecule has 2 aliphatic rings. The molecule has 2 N–H and O–H groups in total. The second kappa shape index (κ2) is 9.10. The fourth-order valence-electron chi connectivity index (χ4n) is 4.08. The molecular weight excluding hydrogens is 320 g/mol. The van der Waals surface area contributed by atoms with Crippen LogP contribution < -0.4 is 10.2 Å². The van der Waals surface area contributed by atoms with E-state index in [4.69, 9.17) is 9.84 Å². The number of nitrogens with zero attached hydrogens (tertiary/aromatic N) is 3. The van der Waals surface area contributed by atoms with E-state index in [1.54, 1.807) is 18.5 Å². The molecule has 7 nitrogen and oxygen atoms in total. The van der Waals surface area contributed by atoms with Crippen molar-refractivity contribution in [2.24, 2.45) is 5.92 Å². The van der Waals surface area contributed by atoms with Gasteiger partial charge in [0, 0.05) is 31.6 Å². The van der Waals surface area contributed by atoms with Gasteiger partial charge < -0.3 is 20.1 Å². The van der Waals surface area contributed by atoms with Crippen LogP contribution in [-0.2, 0) is 9.53 Å². The van der Waals surface area contributed by atoms with Gasteiger partial charge in [0.05, 0.1) is 13.2 Å². The van der Waals surface area contributed by atoms with Crippen LogP contribution >= 0.6 is 0 Å². The average molecular weight is 348 g/mol. The van der Waals surface area contributed by atoms with Crippen molar-refractivity contribution >= 4 is 11.9 Å². The molecule has 0 aromatic carbocycles. The third kappa shape index (κ3) is 4.46. The van der Waals surface area contributed by atoms with E-state index in [2.05, 4.69) is 20.2 Å². The van der Waals surface area contributed by atoms with Crippen molar-refractivity contribution in [2.75, 3.05) is 31.3 Å². The molecule has 3 rings (SSSR count). The Labute approximate surface area is 148 Å². The van der Waals surface area contributed by atoms with Crippen LogP contribution in [0.5, 0.6) is 0 Å². The summed E-state index contributed by atoms with van der Waals surface area (Å²) in [4.78, 5) is 23.7. The number of anilines is 1. The third-order valence-corrected chi connectivity index (χ3v) is 5.17. The van der Waals surface area contributed by atoms with Gasteiger partial charge in [-0.2, -0.15) is 0 Å². The summed E-state index contributed by atoms with van der Waals surface area (Å²) < 4.78 is 5.23. The van der Waals surface area contributed by atoms with Crippen LogP contribution in [0.25, 0.3) is 0 Å². The van der Waals surface area contributed by atoms with Crippen molar-refractivity contribution in [1.29, 1.82) is 0 Å². The third-order valence-electron chi connectivity index (χ3n) is 5.17. The van der Waals surface area contributed by atoms with Gasteiger partial charge in [-0.05, 0) is 37.7 Å². The predicted octanol–water partition coefficient (Wildman–Crippen LogP) is 1.13. The van der Waals surface area contributed by atoms with Gasteiger partial charge in [0.2, 0.25) is 11.9 Å². The molecular formula is C18H28N4O3. The van der Waals surface area contributed by atoms with Gasteiger partial charge >= 0.3 is 0 Å². The van der Waals surface area contributed by atoms with Gasteiger partial charge in [-0.25, -0.2) is 9.97 Å². The van der Waals surface area contributed by atoms with Gasteiger partial charge in [0.25, 0.3) is 0 Å². The van der Waals surface area contributed by atoms with Crippen molar-refractivity contribution in [1.82, 2.24) is 15.3 Å². The molecule has 1 aliphatic heterocycles. The summed E-state index contributed by atoms with van der Waals surface area (Å²) in [5.41, 5.74) is 0. The standard InChI is InChI=1S/C18H28N4O3/c23-10-12-25-11-4-9-19-17(24)16-13-14-5-1-2-6-15(14)22(16)18-20-7-3-8-21-18/h3,7-8,14-16,23H,1-2,4-6,9-13H2,(H,19,24). The molecule has 0 bridgehead atoms. The Morgan fingerprint density at radius 2 is 2.08 bits per heavy atom. The number of aliphatic hydroxyl groups is 1. The predicted molar refractivity (Wildman–Crippen MR) is 94.2 cm³/mol. The van der Waals surface area contributed by atoms with Gasteiger partial charge in [0.1, 0.15) is 6.04 Å². The number of nitrogens with one attached hydrogen (secondary N) is 1. The van der Waals surface area contributed by atoms with Crippen LogP contribution in [0.15, 0.2) is 18.5 Å². The lowest BCUT2D eigenvalue weighted by molar-refractivity contribution is -0.122. The molecule has 1 aliphatic carbocycles. The Balaban J connectivity index is 1.60. The highest BCUT2D eigenvalue weighted by Gasteiger charge is 2.46. The molecule has 2 fully saturated rings. The van der Waals surface area contributed by atoms with Gasteiger partial charge in [0.15, 0.2) is 0 Å². The van der Waals surface area contributed by atoms with Crippen LogP contribution in [0.3, 0.4) is 0 Å². The molecule has 1 saturated heterocycles. The Kier molecular flexibility index (Phi) is 6.58. The van der Waals surface area contributed by atoms with Crippen molar-refractivity contribution in [3.8, 4) is 0 Å². The summed E-state index contributed by atoms with van der Waals surface area (Å²) in [5.74, 6) is 1.29. The van der Waals surface area contributed by atoms with E-state index < -0.39 is 0 Å². The molecule has 3 unspecified atom stereocenters. The van der Waals surface area contributed by atoms with Crippen molar-refractivity contribution in [3.05, 3.63) is 18.5 Å². The molecule has 1 aromatic heterocycles. The number of aromatic nitrogens is 2. The zero-order valence-corrected chi connectivity index (χ0v) is 14.6. The summed E-state index contributed by atoms with van der Waals surface area (Å²) >= 11 is 0. The molecule has 0 spiro atoms. The number of hydrogen-bond acceptors (Lipinski definition) is 6. The minimum absolute atomic E-state index is 0.0310. The molecule has 1 aromatic rings. The fourth-order valence-corrected chi connectivity index (χ4v) is 4.08. The second-order valence-electron chi connectivity index (χ2n) is 6.80. The Morgan fingerprint density at radius 1 is 1.28 bits per heavy atom. The van der Waals surface area contributed by atoms with Crippen LogP contribution in [0.2, 0.25) is 0 Å². The van der Waals surface area contributed by atoms with E-state index in [0.29, 0.717) is 37.7 Å². The molecule has 2 heterocycles. The SMILES string of the molecule is O=C(NCCCOCCO)C1CC2CCCCC2N1c1ncccn1. The number of amides is 1. The molecule has 1 saturated carbocycles. The summed E-state index contributed by atoms with van der Waals surface area (Å²) in [6, 6.07) is 1.99. The zero-order chi connectivity index (χ0) is 17.5. The van der Waals surface area contributed by atoms with Crippen LogP contribution in [-0.4, -0.2) is 59.4 Å². The van der Waals surface area contributed by atoms with Crippen molar-refractivity contribution in [2.45, 2.75) is 50.6 Å². The maximum atomic E-state index is 12.8. The monoisotopic (exact) mass is 348 g/mol. The lowest BCUT2D eigenvalue weighted by Gasteiger charge is -2.33. The molecule has 138 valence electrons. The minimum atomic E-state index is -0.186.